The first kappa shape index (κ1) is 9.81. The Labute approximate surface area is 78.9 Å². The van der Waals surface area contributed by atoms with Gasteiger partial charge < -0.3 is 10.4 Å². The van der Waals surface area contributed by atoms with E-state index in [0.717, 1.165) is 12.1 Å². The highest BCUT2D eigenvalue weighted by Gasteiger charge is 2.03. The summed E-state index contributed by atoms with van der Waals surface area (Å²) >= 11 is 0. The topological polar surface area (TPSA) is 32.3 Å². The molecule has 2 nitrogen and oxygen atoms in total. The molecule has 0 fully saturated rings. The van der Waals surface area contributed by atoms with Crippen LogP contribution in [0, 0.1) is 0 Å². The minimum Gasteiger partial charge on any atom is -0.394 e. The number of rotatable bonds is 5. The molecule has 70 valence electrons. The molecule has 13 heavy (non-hydrogen) atoms. The van der Waals surface area contributed by atoms with E-state index in [1.54, 1.807) is 6.08 Å². The molecule has 2 N–H and O–H groups in total. The van der Waals surface area contributed by atoms with Gasteiger partial charge in [0.2, 0.25) is 0 Å². The third-order valence-electron chi connectivity index (χ3n) is 1.82. The molecule has 0 aliphatic heterocycles. The highest BCUT2D eigenvalue weighted by Crippen LogP contribution is 2.08. The van der Waals surface area contributed by atoms with Crippen LogP contribution in [0.4, 0.5) is 5.69 Å². The van der Waals surface area contributed by atoms with Crippen LogP contribution < -0.4 is 5.32 Å². The van der Waals surface area contributed by atoms with E-state index >= 15 is 0 Å². The van der Waals surface area contributed by atoms with Gasteiger partial charge in [-0.15, -0.1) is 6.58 Å². The maximum Gasteiger partial charge on any atom is 0.0635 e. The first-order chi connectivity index (χ1) is 6.36. The second kappa shape index (κ2) is 5.38. The smallest absolute Gasteiger partial charge is 0.0635 e. The Hall–Kier alpha value is -1.28. The van der Waals surface area contributed by atoms with Crippen LogP contribution in [0.25, 0.3) is 0 Å². The highest BCUT2D eigenvalue weighted by molar-refractivity contribution is 5.43. The quantitative estimate of drug-likeness (QED) is 0.674. The van der Waals surface area contributed by atoms with Crippen molar-refractivity contribution < 1.29 is 5.11 Å². The van der Waals surface area contributed by atoms with E-state index in [4.69, 9.17) is 5.11 Å². The minimum atomic E-state index is 0.0694. The van der Waals surface area contributed by atoms with Gasteiger partial charge in [0.25, 0.3) is 0 Å². The van der Waals surface area contributed by atoms with Crippen LogP contribution in [0.1, 0.15) is 6.42 Å². The number of hydrogen-bond donors (Lipinski definition) is 2. The van der Waals surface area contributed by atoms with Crippen molar-refractivity contribution in [1.82, 2.24) is 0 Å². The molecule has 0 aliphatic carbocycles. The average Bonchev–Trinajstić information content (AvgIpc) is 2.19. The molecule has 2 heteroatoms. The second-order valence-corrected chi connectivity index (χ2v) is 2.91. The van der Waals surface area contributed by atoms with Crippen LogP contribution in [-0.2, 0) is 0 Å². The van der Waals surface area contributed by atoms with Crippen LogP contribution in [-0.4, -0.2) is 17.8 Å². The van der Waals surface area contributed by atoms with Gasteiger partial charge in [0.05, 0.1) is 12.6 Å². The Morgan fingerprint density at radius 3 is 2.62 bits per heavy atom. The summed E-state index contributed by atoms with van der Waals surface area (Å²) in [5.74, 6) is 0. The molecule has 1 unspecified atom stereocenters. The van der Waals surface area contributed by atoms with Crippen LogP contribution in [0.2, 0.25) is 0 Å². The lowest BCUT2D eigenvalue weighted by Crippen LogP contribution is -2.22. The maximum absolute atomic E-state index is 9.01. The fraction of sp³-hybridized carbons (Fsp3) is 0.273. The molecule has 0 saturated heterocycles. The molecule has 0 heterocycles. The Bertz CT molecular complexity index is 246. The fourth-order valence-electron chi connectivity index (χ4n) is 1.15. The Balaban J connectivity index is 2.51. The summed E-state index contributed by atoms with van der Waals surface area (Å²) in [5.41, 5.74) is 1.03. The van der Waals surface area contributed by atoms with Crippen LogP contribution in [0.3, 0.4) is 0 Å². The summed E-state index contributed by atoms with van der Waals surface area (Å²) in [7, 11) is 0. The van der Waals surface area contributed by atoms with Gasteiger partial charge in [0.1, 0.15) is 0 Å². The Morgan fingerprint density at radius 1 is 1.38 bits per heavy atom. The lowest BCUT2D eigenvalue weighted by atomic mass is 10.2. The lowest BCUT2D eigenvalue weighted by Gasteiger charge is -2.15. The molecular formula is C11H15NO. The van der Waals surface area contributed by atoms with Crippen molar-refractivity contribution >= 4 is 5.69 Å². The van der Waals surface area contributed by atoms with Gasteiger partial charge in [0.15, 0.2) is 0 Å². The molecule has 0 saturated carbocycles. The third-order valence-corrected chi connectivity index (χ3v) is 1.82. The number of anilines is 1. The highest BCUT2D eigenvalue weighted by atomic mass is 16.3. The Kier molecular flexibility index (Phi) is 4.06. The van der Waals surface area contributed by atoms with E-state index in [1.807, 2.05) is 30.3 Å². The van der Waals surface area contributed by atoms with E-state index in [0.29, 0.717) is 0 Å². The molecule has 0 radical (unpaired) electrons. The first-order valence-electron chi connectivity index (χ1n) is 4.40. The van der Waals surface area contributed by atoms with Gasteiger partial charge in [-0.1, -0.05) is 24.3 Å². The molecule has 1 aromatic rings. The number of benzene rings is 1. The van der Waals surface area contributed by atoms with Crippen molar-refractivity contribution in [3.8, 4) is 0 Å². The van der Waals surface area contributed by atoms with E-state index in [2.05, 4.69) is 11.9 Å². The monoisotopic (exact) mass is 177 g/mol. The molecule has 1 aromatic carbocycles. The van der Waals surface area contributed by atoms with Crippen molar-refractivity contribution in [1.29, 1.82) is 0 Å². The van der Waals surface area contributed by atoms with Gasteiger partial charge in [-0.05, 0) is 18.6 Å². The number of nitrogens with one attached hydrogen (secondary N) is 1. The van der Waals surface area contributed by atoms with Gasteiger partial charge in [-0.25, -0.2) is 0 Å². The summed E-state index contributed by atoms with van der Waals surface area (Å²) < 4.78 is 0. The SMILES string of the molecule is C=CCC(CO)Nc1ccccc1. The zero-order valence-electron chi connectivity index (χ0n) is 7.61. The number of aliphatic hydroxyl groups is 1. The predicted octanol–water partition coefficient (Wildman–Crippen LogP) is 2.04. The van der Waals surface area contributed by atoms with Gasteiger partial charge in [-0.2, -0.15) is 0 Å². The predicted molar refractivity (Wildman–Crippen MR) is 55.8 cm³/mol. The van der Waals surface area contributed by atoms with Crippen LogP contribution in [0.5, 0.6) is 0 Å². The van der Waals surface area contributed by atoms with E-state index in [-0.39, 0.29) is 12.6 Å². The summed E-state index contributed by atoms with van der Waals surface area (Å²) in [6.45, 7) is 3.76. The third kappa shape index (κ3) is 3.30. The van der Waals surface area contributed by atoms with Gasteiger partial charge in [-0.3, -0.25) is 0 Å². The normalized spacial score (nSPS) is 12.1. The van der Waals surface area contributed by atoms with Crippen molar-refractivity contribution in [3.63, 3.8) is 0 Å². The first-order valence-corrected chi connectivity index (χ1v) is 4.40. The molecule has 1 rings (SSSR count). The van der Waals surface area contributed by atoms with Gasteiger partial charge in [0, 0.05) is 5.69 Å². The largest absolute Gasteiger partial charge is 0.394 e. The second-order valence-electron chi connectivity index (χ2n) is 2.91. The summed E-state index contributed by atoms with van der Waals surface area (Å²) in [4.78, 5) is 0. The molecule has 0 aliphatic rings. The van der Waals surface area contributed by atoms with Gasteiger partial charge >= 0.3 is 0 Å². The van der Waals surface area contributed by atoms with E-state index < -0.39 is 0 Å². The van der Waals surface area contributed by atoms with Crippen molar-refractivity contribution in [3.05, 3.63) is 43.0 Å². The lowest BCUT2D eigenvalue weighted by molar-refractivity contribution is 0.275. The standard InChI is InChI=1S/C11H15NO/c1-2-6-11(9-13)12-10-7-4-3-5-8-10/h2-5,7-8,11-13H,1,6,9H2. The number of para-hydroxylation sites is 1. The fourth-order valence-corrected chi connectivity index (χ4v) is 1.15. The van der Waals surface area contributed by atoms with E-state index in [9.17, 15) is 0 Å². The molecule has 0 aromatic heterocycles. The molecular weight excluding hydrogens is 162 g/mol. The number of aliphatic hydroxyl groups excluding tert-OH is 1. The van der Waals surface area contributed by atoms with E-state index in [1.165, 1.54) is 0 Å². The Morgan fingerprint density at radius 2 is 2.08 bits per heavy atom. The summed E-state index contributed by atoms with van der Waals surface area (Å²) in [6, 6.07) is 9.92. The zero-order valence-corrected chi connectivity index (χ0v) is 7.61. The van der Waals surface area contributed by atoms with Crippen molar-refractivity contribution in [2.75, 3.05) is 11.9 Å². The van der Waals surface area contributed by atoms with Crippen molar-refractivity contribution in [2.45, 2.75) is 12.5 Å². The average molecular weight is 177 g/mol. The maximum atomic E-state index is 9.01. The minimum absolute atomic E-state index is 0.0694. The molecule has 0 spiro atoms. The molecule has 1 atom stereocenters. The number of hydrogen-bond acceptors (Lipinski definition) is 2. The molecule has 0 amide bonds. The summed E-state index contributed by atoms with van der Waals surface area (Å²) in [5, 5.41) is 12.2. The summed E-state index contributed by atoms with van der Waals surface area (Å²) in [6.07, 6.45) is 2.57. The molecule has 0 bridgehead atoms. The van der Waals surface area contributed by atoms with Crippen LogP contribution >= 0.6 is 0 Å². The van der Waals surface area contributed by atoms with Crippen LogP contribution in [0.15, 0.2) is 43.0 Å². The zero-order chi connectivity index (χ0) is 9.52. The van der Waals surface area contributed by atoms with Crippen molar-refractivity contribution in [2.24, 2.45) is 0 Å².